The van der Waals surface area contributed by atoms with E-state index in [2.05, 4.69) is 6.92 Å². The lowest BCUT2D eigenvalue weighted by atomic mass is 9.73. The molecule has 4 rings (SSSR count). The number of halogens is 1. The molecule has 0 saturated carbocycles. The Labute approximate surface area is 243 Å². The molecule has 0 aromatic heterocycles. The first kappa shape index (κ1) is 30.1. The number of likely N-dealkylation sites (tertiary alicyclic amines) is 1. The third kappa shape index (κ3) is 6.87. The predicted molar refractivity (Wildman–Crippen MR) is 160 cm³/mol. The number of carbonyl (C=O) groups excluding carboxylic acids is 1. The Bertz CT molecular complexity index is 1270. The standard InChI is InChI=1S/C33H41ClN2O4/c1-3-25-10-4-5-14-30(25)40-31-28(12-8-13-29(31)34)33(38,19-6-7-21-39-2)27-11-9-20-36(23-27)32(37)26-17-15-24(22-35)16-18-26/h4-5,8,10,12-18,27,38H,3,6-7,9,11,19-23,35H2,1-2H3/t27-,33?/m1/s1. The van der Waals surface area contributed by atoms with Gasteiger partial charge in [-0.3, -0.25) is 4.79 Å². The zero-order valence-electron chi connectivity index (χ0n) is 23.6. The van der Waals surface area contributed by atoms with Crippen LogP contribution in [0.5, 0.6) is 11.5 Å². The molecule has 0 spiro atoms. The van der Waals surface area contributed by atoms with E-state index in [0.717, 1.165) is 49.0 Å². The Morgan fingerprint density at radius 2 is 1.88 bits per heavy atom. The molecule has 3 aromatic carbocycles. The number of unbranched alkanes of at least 4 members (excludes halogenated alkanes) is 1. The minimum Gasteiger partial charge on any atom is -0.455 e. The first-order valence-electron chi connectivity index (χ1n) is 14.3. The van der Waals surface area contributed by atoms with E-state index in [1.54, 1.807) is 13.2 Å². The first-order chi connectivity index (χ1) is 19.4. The van der Waals surface area contributed by atoms with Crippen molar-refractivity contribution in [2.24, 2.45) is 11.7 Å². The van der Waals surface area contributed by atoms with Gasteiger partial charge < -0.3 is 25.2 Å². The van der Waals surface area contributed by atoms with E-state index in [1.165, 1.54) is 0 Å². The highest BCUT2D eigenvalue weighted by molar-refractivity contribution is 6.32. The lowest BCUT2D eigenvalue weighted by Gasteiger charge is -2.43. The zero-order valence-corrected chi connectivity index (χ0v) is 24.3. The number of hydrogen-bond donors (Lipinski definition) is 2. The van der Waals surface area contributed by atoms with E-state index >= 15 is 0 Å². The van der Waals surface area contributed by atoms with Crippen LogP contribution in [0.4, 0.5) is 0 Å². The first-order valence-corrected chi connectivity index (χ1v) is 14.6. The molecule has 7 heteroatoms. The largest absolute Gasteiger partial charge is 0.455 e. The Morgan fingerprint density at radius 1 is 1.10 bits per heavy atom. The van der Waals surface area contributed by atoms with Crippen LogP contribution in [0.1, 0.15) is 66.1 Å². The van der Waals surface area contributed by atoms with Crippen molar-refractivity contribution in [2.75, 3.05) is 26.8 Å². The Hall–Kier alpha value is -2.90. The summed E-state index contributed by atoms with van der Waals surface area (Å²) in [5.74, 6) is 0.968. The summed E-state index contributed by atoms with van der Waals surface area (Å²) in [6.45, 7) is 4.22. The van der Waals surface area contributed by atoms with Crippen LogP contribution < -0.4 is 10.5 Å². The van der Waals surface area contributed by atoms with Crippen LogP contribution in [0.25, 0.3) is 0 Å². The molecule has 40 heavy (non-hydrogen) atoms. The Kier molecular flexibility index (Phi) is 10.6. The van der Waals surface area contributed by atoms with Crippen LogP contribution >= 0.6 is 11.6 Å². The van der Waals surface area contributed by atoms with Gasteiger partial charge in [-0.1, -0.05) is 61.0 Å². The number of benzene rings is 3. The van der Waals surface area contributed by atoms with E-state index in [4.69, 9.17) is 26.8 Å². The Morgan fingerprint density at radius 3 is 2.60 bits per heavy atom. The van der Waals surface area contributed by atoms with Gasteiger partial charge in [-0.05, 0) is 73.9 Å². The highest BCUT2D eigenvalue weighted by Crippen LogP contribution is 2.47. The van der Waals surface area contributed by atoms with Crippen molar-refractivity contribution in [1.82, 2.24) is 4.90 Å². The number of rotatable bonds is 12. The van der Waals surface area contributed by atoms with Crippen molar-refractivity contribution < 1.29 is 19.4 Å². The Balaban J connectivity index is 1.68. The molecule has 1 saturated heterocycles. The fourth-order valence-corrected chi connectivity index (χ4v) is 5.89. The highest BCUT2D eigenvalue weighted by atomic mass is 35.5. The maximum absolute atomic E-state index is 13.5. The third-order valence-electron chi connectivity index (χ3n) is 7.98. The summed E-state index contributed by atoms with van der Waals surface area (Å²) in [4.78, 5) is 15.4. The number of para-hydroxylation sites is 2. The average molecular weight is 565 g/mol. The van der Waals surface area contributed by atoms with Crippen molar-refractivity contribution in [3.8, 4) is 11.5 Å². The number of piperidine rings is 1. The minimum atomic E-state index is -1.25. The number of nitrogens with zero attached hydrogens (tertiary/aromatic N) is 1. The molecule has 0 aliphatic carbocycles. The average Bonchev–Trinajstić information content (AvgIpc) is 3.00. The second-order valence-electron chi connectivity index (χ2n) is 10.5. The number of ether oxygens (including phenoxy) is 2. The number of hydrogen-bond acceptors (Lipinski definition) is 5. The van der Waals surface area contributed by atoms with Crippen LogP contribution in [-0.4, -0.2) is 42.7 Å². The highest BCUT2D eigenvalue weighted by Gasteiger charge is 2.43. The summed E-state index contributed by atoms with van der Waals surface area (Å²) in [6, 6.07) is 20.9. The fourth-order valence-electron chi connectivity index (χ4n) is 5.68. The van der Waals surface area contributed by atoms with Gasteiger partial charge in [0, 0.05) is 50.4 Å². The molecule has 1 unspecified atom stereocenters. The lowest BCUT2D eigenvalue weighted by Crippen LogP contribution is -2.48. The topological polar surface area (TPSA) is 85.0 Å². The molecule has 6 nitrogen and oxygen atoms in total. The summed E-state index contributed by atoms with van der Waals surface area (Å²) in [6.07, 6.45) is 4.47. The SMILES string of the molecule is CCc1ccccc1Oc1c(Cl)cccc1C(O)(CCCCOC)[C@@H]1CCCN(C(=O)c2ccc(CN)cc2)C1. The number of aliphatic hydroxyl groups is 1. The van der Waals surface area contributed by atoms with Crippen molar-refractivity contribution >= 4 is 17.5 Å². The van der Waals surface area contributed by atoms with Crippen LogP contribution in [0.2, 0.25) is 5.02 Å². The molecule has 3 N–H and O–H groups in total. The van der Waals surface area contributed by atoms with Crippen molar-refractivity contribution in [3.05, 3.63) is 94.0 Å². The number of carbonyl (C=O) groups is 1. The van der Waals surface area contributed by atoms with Gasteiger partial charge in [0.1, 0.15) is 5.75 Å². The van der Waals surface area contributed by atoms with Gasteiger partial charge in [0.2, 0.25) is 0 Å². The fraction of sp³-hybridized carbons (Fsp3) is 0.424. The molecular weight excluding hydrogens is 524 g/mol. The molecule has 2 atom stereocenters. The molecule has 0 radical (unpaired) electrons. The van der Waals surface area contributed by atoms with E-state index in [-0.39, 0.29) is 11.8 Å². The van der Waals surface area contributed by atoms with Gasteiger partial charge in [-0.15, -0.1) is 0 Å². The smallest absolute Gasteiger partial charge is 0.253 e. The molecule has 1 aliphatic rings. The molecule has 0 bridgehead atoms. The summed E-state index contributed by atoms with van der Waals surface area (Å²) in [7, 11) is 1.69. The van der Waals surface area contributed by atoms with Crippen molar-refractivity contribution in [2.45, 2.75) is 57.6 Å². The quantitative estimate of drug-likeness (QED) is 0.239. The van der Waals surface area contributed by atoms with Crippen LogP contribution in [0, 0.1) is 5.92 Å². The summed E-state index contributed by atoms with van der Waals surface area (Å²) >= 11 is 6.76. The second kappa shape index (κ2) is 14.1. The molecule has 1 amide bonds. The normalized spacial score (nSPS) is 16.9. The predicted octanol–water partition coefficient (Wildman–Crippen LogP) is 6.71. The van der Waals surface area contributed by atoms with Gasteiger partial charge in [-0.25, -0.2) is 0 Å². The number of nitrogens with two attached hydrogens (primary N) is 1. The van der Waals surface area contributed by atoms with Crippen LogP contribution in [0.3, 0.4) is 0 Å². The van der Waals surface area contributed by atoms with E-state index < -0.39 is 5.60 Å². The van der Waals surface area contributed by atoms with E-state index in [9.17, 15) is 9.90 Å². The molecule has 1 heterocycles. The molecule has 1 aliphatic heterocycles. The zero-order chi connectivity index (χ0) is 28.5. The monoisotopic (exact) mass is 564 g/mol. The molecule has 3 aromatic rings. The maximum atomic E-state index is 13.5. The number of aryl methyl sites for hydroxylation is 1. The summed E-state index contributed by atoms with van der Waals surface area (Å²) in [5, 5.41) is 13.1. The number of amides is 1. The van der Waals surface area contributed by atoms with Crippen molar-refractivity contribution in [3.63, 3.8) is 0 Å². The van der Waals surface area contributed by atoms with Gasteiger partial charge in [0.15, 0.2) is 5.75 Å². The van der Waals surface area contributed by atoms with Gasteiger partial charge >= 0.3 is 0 Å². The van der Waals surface area contributed by atoms with Crippen LogP contribution in [-0.2, 0) is 23.3 Å². The minimum absolute atomic E-state index is 0.0329. The van der Waals surface area contributed by atoms with Gasteiger partial charge in [-0.2, -0.15) is 0 Å². The maximum Gasteiger partial charge on any atom is 0.253 e. The summed E-state index contributed by atoms with van der Waals surface area (Å²) in [5.41, 5.74) is 7.82. The van der Waals surface area contributed by atoms with Gasteiger partial charge in [0.25, 0.3) is 5.91 Å². The molecular formula is C33H41ClN2O4. The van der Waals surface area contributed by atoms with E-state index in [0.29, 0.717) is 54.6 Å². The van der Waals surface area contributed by atoms with Crippen LogP contribution in [0.15, 0.2) is 66.7 Å². The lowest BCUT2D eigenvalue weighted by molar-refractivity contribution is -0.0589. The second-order valence-corrected chi connectivity index (χ2v) is 11.0. The van der Waals surface area contributed by atoms with Crippen molar-refractivity contribution in [1.29, 1.82) is 0 Å². The molecule has 214 valence electrons. The van der Waals surface area contributed by atoms with Gasteiger partial charge in [0.05, 0.1) is 10.6 Å². The summed E-state index contributed by atoms with van der Waals surface area (Å²) < 4.78 is 11.8. The number of methoxy groups -OCH3 is 1. The van der Waals surface area contributed by atoms with E-state index in [1.807, 2.05) is 65.6 Å². The molecule has 1 fully saturated rings. The third-order valence-corrected chi connectivity index (χ3v) is 8.27.